The van der Waals surface area contributed by atoms with Crippen LogP contribution in [-0.4, -0.2) is 34.0 Å². The molecule has 6 heteroatoms. The molecule has 0 atom stereocenters. The molecule has 0 radical (unpaired) electrons. The molecule has 0 bridgehead atoms. The molecule has 0 spiro atoms. The monoisotopic (exact) mass is 292 g/mol. The van der Waals surface area contributed by atoms with E-state index in [1.165, 1.54) is 4.90 Å². The van der Waals surface area contributed by atoms with Gasteiger partial charge in [0.15, 0.2) is 0 Å². The van der Waals surface area contributed by atoms with Gasteiger partial charge in [-0.25, -0.2) is 0 Å². The minimum Gasteiger partial charge on any atom is -0.395 e. The number of carbonyl (C=O) groups is 1. The Labute approximate surface area is 120 Å². The first-order valence-corrected chi connectivity index (χ1v) is 6.38. The van der Waals surface area contributed by atoms with Crippen molar-refractivity contribution in [3.05, 3.63) is 65.5 Å². The van der Waals surface area contributed by atoms with Crippen LogP contribution in [0.5, 0.6) is 0 Å². The molecule has 0 aliphatic carbocycles. The van der Waals surface area contributed by atoms with Gasteiger partial charge >= 0.3 is 0 Å². The number of hydrogen-bond donors (Lipinski definition) is 1. The van der Waals surface area contributed by atoms with Crippen LogP contribution in [0.15, 0.2) is 42.5 Å². The first-order valence-electron chi connectivity index (χ1n) is 6.38. The lowest BCUT2D eigenvalue weighted by molar-refractivity contribution is 0.0701. The number of aliphatic hydroxyl groups is 1. The molecule has 110 valence electrons. The van der Waals surface area contributed by atoms with E-state index in [2.05, 4.69) is 4.98 Å². The molecule has 0 unspecified atom stereocenters. The molecule has 0 saturated heterocycles. The molecule has 1 aromatic heterocycles. The molecule has 0 saturated carbocycles. The van der Waals surface area contributed by atoms with Crippen LogP contribution in [0.25, 0.3) is 0 Å². The Hall–Kier alpha value is -2.34. The number of halogens is 2. The van der Waals surface area contributed by atoms with Crippen molar-refractivity contribution in [2.75, 3.05) is 13.2 Å². The van der Waals surface area contributed by atoms with Crippen LogP contribution in [0.2, 0.25) is 0 Å². The second kappa shape index (κ2) is 6.90. The molecule has 2 aromatic rings. The number of hydrogen-bond acceptors (Lipinski definition) is 3. The third-order valence-corrected chi connectivity index (χ3v) is 2.92. The number of pyridine rings is 1. The summed E-state index contributed by atoms with van der Waals surface area (Å²) in [6.07, 6.45) is 0. The number of benzene rings is 1. The van der Waals surface area contributed by atoms with Crippen LogP contribution in [0.4, 0.5) is 8.78 Å². The quantitative estimate of drug-likeness (QED) is 0.858. The Morgan fingerprint density at radius 1 is 1.14 bits per heavy atom. The summed E-state index contributed by atoms with van der Waals surface area (Å²) in [4.78, 5) is 16.6. The third kappa shape index (κ3) is 3.82. The van der Waals surface area contributed by atoms with Crippen LogP contribution < -0.4 is 0 Å². The summed E-state index contributed by atoms with van der Waals surface area (Å²) in [7, 11) is 0. The number of nitrogens with zero attached hydrogens (tertiary/aromatic N) is 2. The van der Waals surface area contributed by atoms with Gasteiger partial charge in [-0.1, -0.05) is 30.3 Å². The van der Waals surface area contributed by atoms with Gasteiger partial charge in [0.2, 0.25) is 11.9 Å². The molecule has 4 nitrogen and oxygen atoms in total. The van der Waals surface area contributed by atoms with Crippen molar-refractivity contribution in [3.8, 4) is 0 Å². The first kappa shape index (κ1) is 15.1. The van der Waals surface area contributed by atoms with Gasteiger partial charge in [-0.15, -0.1) is 0 Å². The number of carbonyl (C=O) groups excluding carboxylic acids is 1. The molecule has 0 aliphatic heterocycles. The zero-order valence-electron chi connectivity index (χ0n) is 11.2. The van der Waals surface area contributed by atoms with E-state index in [0.29, 0.717) is 0 Å². The van der Waals surface area contributed by atoms with E-state index in [1.54, 1.807) is 0 Å². The van der Waals surface area contributed by atoms with Gasteiger partial charge in [-0.2, -0.15) is 13.8 Å². The predicted octanol–water partition coefficient (Wildman–Crippen LogP) is 1.99. The maximum absolute atomic E-state index is 13.6. The van der Waals surface area contributed by atoms with Crippen LogP contribution in [0.1, 0.15) is 15.9 Å². The molecule has 1 heterocycles. The molecular formula is C15H14F2N2O2. The van der Waals surface area contributed by atoms with Gasteiger partial charge in [0.05, 0.1) is 12.2 Å². The molecule has 0 aliphatic rings. The summed E-state index contributed by atoms with van der Waals surface area (Å²) in [5, 5.41) is 9.06. The van der Waals surface area contributed by atoms with Crippen molar-refractivity contribution in [2.24, 2.45) is 0 Å². The fourth-order valence-electron chi connectivity index (χ4n) is 1.92. The normalized spacial score (nSPS) is 10.4. The van der Waals surface area contributed by atoms with E-state index < -0.39 is 17.8 Å². The van der Waals surface area contributed by atoms with E-state index in [1.807, 2.05) is 30.3 Å². The Bertz CT molecular complexity index is 620. The number of aliphatic hydroxyl groups excluding tert-OH is 1. The summed E-state index contributed by atoms with van der Waals surface area (Å²) in [6.45, 7) is 0.0103. The first-order chi connectivity index (χ1) is 10.1. The zero-order chi connectivity index (χ0) is 15.2. The molecular weight excluding hydrogens is 278 g/mol. The largest absolute Gasteiger partial charge is 0.395 e. The van der Waals surface area contributed by atoms with Crippen LogP contribution in [0, 0.1) is 11.9 Å². The molecule has 1 aromatic carbocycles. The van der Waals surface area contributed by atoms with Crippen LogP contribution in [-0.2, 0) is 6.54 Å². The lowest BCUT2D eigenvalue weighted by atomic mass is 10.2. The minimum atomic E-state index is -1.16. The molecule has 21 heavy (non-hydrogen) atoms. The van der Waals surface area contributed by atoms with Gasteiger partial charge < -0.3 is 10.0 Å². The van der Waals surface area contributed by atoms with Crippen LogP contribution in [0.3, 0.4) is 0 Å². The van der Waals surface area contributed by atoms with E-state index in [4.69, 9.17) is 5.11 Å². The SMILES string of the molecule is O=C(c1ccc(F)nc1F)N(CCO)Cc1ccccc1. The molecule has 2 rings (SSSR count). The Morgan fingerprint density at radius 2 is 1.86 bits per heavy atom. The Kier molecular flexibility index (Phi) is 4.94. The van der Waals surface area contributed by atoms with Crippen LogP contribution >= 0.6 is 0 Å². The summed E-state index contributed by atoms with van der Waals surface area (Å²) in [5.41, 5.74) is 0.524. The maximum Gasteiger partial charge on any atom is 0.258 e. The van der Waals surface area contributed by atoms with E-state index in [-0.39, 0.29) is 25.3 Å². The standard InChI is InChI=1S/C15H14F2N2O2/c16-13-7-6-12(14(17)18-13)15(21)19(8-9-20)10-11-4-2-1-3-5-11/h1-7,20H,8-10H2. The minimum absolute atomic E-state index is 0.0462. The van der Waals surface area contributed by atoms with Gasteiger partial charge in [0, 0.05) is 13.1 Å². The number of amides is 1. The second-order valence-corrected chi connectivity index (χ2v) is 4.41. The second-order valence-electron chi connectivity index (χ2n) is 4.41. The summed E-state index contributed by atoms with van der Waals surface area (Å²) in [6, 6.07) is 11.1. The topological polar surface area (TPSA) is 53.4 Å². The molecule has 1 amide bonds. The summed E-state index contributed by atoms with van der Waals surface area (Å²) < 4.78 is 26.4. The summed E-state index contributed by atoms with van der Waals surface area (Å²) in [5.74, 6) is -2.78. The van der Waals surface area contributed by atoms with Crippen molar-refractivity contribution < 1.29 is 18.7 Å². The maximum atomic E-state index is 13.6. The highest BCUT2D eigenvalue weighted by Crippen LogP contribution is 2.12. The highest BCUT2D eigenvalue weighted by atomic mass is 19.1. The Balaban J connectivity index is 2.23. The van der Waals surface area contributed by atoms with Crippen molar-refractivity contribution in [1.29, 1.82) is 0 Å². The van der Waals surface area contributed by atoms with Crippen molar-refractivity contribution in [1.82, 2.24) is 9.88 Å². The third-order valence-electron chi connectivity index (χ3n) is 2.92. The molecule has 1 N–H and O–H groups in total. The van der Waals surface area contributed by atoms with Gasteiger partial charge in [-0.05, 0) is 17.7 Å². The lowest BCUT2D eigenvalue weighted by Gasteiger charge is -2.22. The fraction of sp³-hybridized carbons (Fsp3) is 0.200. The van der Waals surface area contributed by atoms with Gasteiger partial charge in [-0.3, -0.25) is 4.79 Å². The fourth-order valence-corrected chi connectivity index (χ4v) is 1.92. The van der Waals surface area contributed by atoms with Gasteiger partial charge in [0.25, 0.3) is 5.91 Å². The average Bonchev–Trinajstić information content (AvgIpc) is 2.47. The molecule has 0 fully saturated rings. The zero-order valence-corrected chi connectivity index (χ0v) is 11.2. The smallest absolute Gasteiger partial charge is 0.258 e. The van der Waals surface area contributed by atoms with E-state index in [9.17, 15) is 13.6 Å². The average molecular weight is 292 g/mol. The van der Waals surface area contributed by atoms with E-state index in [0.717, 1.165) is 17.7 Å². The highest BCUT2D eigenvalue weighted by molar-refractivity contribution is 5.94. The van der Waals surface area contributed by atoms with Crippen molar-refractivity contribution in [2.45, 2.75) is 6.54 Å². The summed E-state index contributed by atoms with van der Waals surface area (Å²) >= 11 is 0. The predicted molar refractivity (Wildman–Crippen MR) is 72.4 cm³/mol. The lowest BCUT2D eigenvalue weighted by Crippen LogP contribution is -2.33. The number of aromatic nitrogens is 1. The van der Waals surface area contributed by atoms with Gasteiger partial charge in [0.1, 0.15) is 0 Å². The van der Waals surface area contributed by atoms with E-state index >= 15 is 0 Å². The number of rotatable bonds is 5. The van der Waals surface area contributed by atoms with Crippen molar-refractivity contribution >= 4 is 5.91 Å². The Morgan fingerprint density at radius 3 is 2.48 bits per heavy atom. The highest BCUT2D eigenvalue weighted by Gasteiger charge is 2.20. The van der Waals surface area contributed by atoms with Crippen molar-refractivity contribution in [3.63, 3.8) is 0 Å².